The van der Waals surface area contributed by atoms with Gasteiger partial charge in [0.1, 0.15) is 0 Å². The molecule has 0 spiro atoms. The normalized spacial score (nSPS) is 20.4. The zero-order valence-corrected chi connectivity index (χ0v) is 9.08. The van der Waals surface area contributed by atoms with Gasteiger partial charge in [-0.05, 0) is 12.8 Å². The van der Waals surface area contributed by atoms with Crippen LogP contribution in [0.25, 0.3) is 0 Å². The number of methoxy groups -OCH3 is 1. The highest BCUT2D eigenvalue weighted by molar-refractivity contribution is 5.71. The summed E-state index contributed by atoms with van der Waals surface area (Å²) in [5.74, 6) is -0.212. The van der Waals surface area contributed by atoms with E-state index in [1.54, 1.807) is 0 Å². The molecule has 82 valence electrons. The van der Waals surface area contributed by atoms with Crippen LogP contribution in [0.2, 0.25) is 0 Å². The molecule has 4 heteroatoms. The Morgan fingerprint density at radius 2 is 2.07 bits per heavy atom. The number of hydrazine groups is 1. The van der Waals surface area contributed by atoms with Gasteiger partial charge in [-0.3, -0.25) is 10.2 Å². The maximum absolute atomic E-state index is 11.1. The first kappa shape index (κ1) is 11.5. The van der Waals surface area contributed by atoms with Gasteiger partial charge < -0.3 is 4.74 Å². The number of hydrogen-bond donors (Lipinski definition) is 1. The van der Waals surface area contributed by atoms with Gasteiger partial charge in [-0.1, -0.05) is 13.3 Å². The standard InChI is InChI=1S/C10H20N2O2/c1-9(10(13)14-2)8-11-12-6-4-3-5-7-12/h9,11H,3-8H2,1-2H3. The summed E-state index contributed by atoms with van der Waals surface area (Å²) in [6.07, 6.45) is 3.82. The van der Waals surface area contributed by atoms with Gasteiger partial charge >= 0.3 is 5.97 Å². The monoisotopic (exact) mass is 200 g/mol. The molecule has 1 N–H and O–H groups in total. The molecule has 0 aromatic heterocycles. The lowest BCUT2D eigenvalue weighted by Crippen LogP contribution is -2.44. The average Bonchev–Trinajstić information content (AvgIpc) is 2.26. The third-order valence-corrected chi connectivity index (χ3v) is 2.58. The fourth-order valence-electron chi connectivity index (χ4n) is 1.60. The Kier molecular flexibility index (Phi) is 4.90. The van der Waals surface area contributed by atoms with Gasteiger partial charge in [-0.15, -0.1) is 0 Å². The second kappa shape index (κ2) is 5.98. The smallest absolute Gasteiger partial charge is 0.309 e. The number of nitrogens with zero attached hydrogens (tertiary/aromatic N) is 1. The molecule has 1 fully saturated rings. The highest BCUT2D eigenvalue weighted by Crippen LogP contribution is 2.06. The van der Waals surface area contributed by atoms with Crippen molar-refractivity contribution < 1.29 is 9.53 Å². The van der Waals surface area contributed by atoms with Gasteiger partial charge in [0.2, 0.25) is 0 Å². The molecule has 0 aromatic carbocycles. The first-order chi connectivity index (χ1) is 6.74. The Hall–Kier alpha value is -0.610. The summed E-state index contributed by atoms with van der Waals surface area (Å²) in [5.41, 5.74) is 3.27. The van der Waals surface area contributed by atoms with Crippen molar-refractivity contribution in [2.24, 2.45) is 5.92 Å². The number of rotatable bonds is 4. The first-order valence-electron chi connectivity index (χ1n) is 5.30. The predicted octanol–water partition coefficient (Wildman–Crippen LogP) is 0.786. The molecule has 1 saturated heterocycles. The number of nitrogens with one attached hydrogen (secondary N) is 1. The lowest BCUT2D eigenvalue weighted by Gasteiger charge is -2.27. The summed E-state index contributed by atoms with van der Waals surface area (Å²) < 4.78 is 4.65. The molecule has 1 unspecified atom stereocenters. The molecule has 0 amide bonds. The third kappa shape index (κ3) is 3.64. The van der Waals surface area contributed by atoms with Crippen molar-refractivity contribution in [1.29, 1.82) is 0 Å². The minimum atomic E-state index is -0.144. The van der Waals surface area contributed by atoms with Gasteiger partial charge in [-0.2, -0.15) is 0 Å². The number of carbonyl (C=O) groups excluding carboxylic acids is 1. The van der Waals surface area contributed by atoms with E-state index in [-0.39, 0.29) is 11.9 Å². The fourth-order valence-corrected chi connectivity index (χ4v) is 1.60. The van der Waals surface area contributed by atoms with Gasteiger partial charge in [0, 0.05) is 19.6 Å². The summed E-state index contributed by atoms with van der Waals surface area (Å²) >= 11 is 0. The van der Waals surface area contributed by atoms with Crippen LogP contribution in [0.5, 0.6) is 0 Å². The van der Waals surface area contributed by atoms with Crippen molar-refractivity contribution in [3.63, 3.8) is 0 Å². The second-order valence-corrected chi connectivity index (χ2v) is 3.83. The quantitative estimate of drug-likeness (QED) is 0.681. The molecule has 1 rings (SSSR count). The molecule has 14 heavy (non-hydrogen) atoms. The Balaban J connectivity index is 2.15. The Bertz CT molecular complexity index is 179. The summed E-state index contributed by atoms with van der Waals surface area (Å²) in [5, 5.41) is 2.20. The van der Waals surface area contributed by atoms with Crippen molar-refractivity contribution in [3.05, 3.63) is 0 Å². The average molecular weight is 200 g/mol. The Labute approximate surface area is 85.6 Å². The summed E-state index contributed by atoms with van der Waals surface area (Å²) in [7, 11) is 1.43. The van der Waals surface area contributed by atoms with Crippen molar-refractivity contribution in [2.45, 2.75) is 26.2 Å². The van der Waals surface area contributed by atoms with Crippen LogP contribution in [-0.4, -0.2) is 37.7 Å². The zero-order chi connectivity index (χ0) is 10.4. The van der Waals surface area contributed by atoms with Gasteiger partial charge in [0.25, 0.3) is 0 Å². The molecule has 0 aliphatic carbocycles. The van der Waals surface area contributed by atoms with Crippen LogP contribution in [0.4, 0.5) is 0 Å². The molecule has 0 aromatic rings. The van der Waals surface area contributed by atoms with Crippen molar-refractivity contribution in [1.82, 2.24) is 10.4 Å². The van der Waals surface area contributed by atoms with Crippen LogP contribution in [0.3, 0.4) is 0 Å². The topological polar surface area (TPSA) is 41.6 Å². The summed E-state index contributed by atoms with van der Waals surface area (Å²) in [6, 6.07) is 0. The second-order valence-electron chi connectivity index (χ2n) is 3.83. The molecule has 1 atom stereocenters. The third-order valence-electron chi connectivity index (χ3n) is 2.58. The molecular formula is C10H20N2O2. The molecule has 4 nitrogen and oxygen atoms in total. The predicted molar refractivity (Wildman–Crippen MR) is 54.6 cm³/mol. The van der Waals surface area contributed by atoms with Gasteiger partial charge in [0.05, 0.1) is 13.0 Å². The number of piperidine rings is 1. The van der Waals surface area contributed by atoms with Gasteiger partial charge in [-0.25, -0.2) is 5.01 Å². The van der Waals surface area contributed by atoms with E-state index in [2.05, 4.69) is 15.2 Å². The number of carbonyl (C=O) groups is 1. The van der Waals surface area contributed by atoms with Crippen LogP contribution >= 0.6 is 0 Å². The van der Waals surface area contributed by atoms with Gasteiger partial charge in [0.15, 0.2) is 0 Å². The number of esters is 1. The van der Waals surface area contributed by atoms with E-state index >= 15 is 0 Å². The van der Waals surface area contributed by atoms with Crippen molar-refractivity contribution >= 4 is 5.97 Å². The minimum Gasteiger partial charge on any atom is -0.469 e. The fraction of sp³-hybridized carbons (Fsp3) is 0.900. The van der Waals surface area contributed by atoms with E-state index in [4.69, 9.17) is 0 Å². The van der Waals surface area contributed by atoms with Crippen LogP contribution in [0, 0.1) is 5.92 Å². The van der Waals surface area contributed by atoms with Crippen molar-refractivity contribution in [3.8, 4) is 0 Å². The Morgan fingerprint density at radius 1 is 1.43 bits per heavy atom. The minimum absolute atomic E-state index is 0.0677. The SMILES string of the molecule is COC(=O)C(C)CNN1CCCCC1. The van der Waals surface area contributed by atoms with E-state index in [1.807, 2.05) is 6.92 Å². The lowest BCUT2D eigenvalue weighted by molar-refractivity contribution is -0.145. The first-order valence-corrected chi connectivity index (χ1v) is 5.30. The van der Waals surface area contributed by atoms with Crippen LogP contribution < -0.4 is 5.43 Å². The molecule has 0 radical (unpaired) electrons. The van der Waals surface area contributed by atoms with Crippen LogP contribution in [-0.2, 0) is 9.53 Å². The maximum atomic E-state index is 11.1. The number of ether oxygens (including phenoxy) is 1. The molecule has 0 bridgehead atoms. The summed E-state index contributed by atoms with van der Waals surface area (Å²) in [6.45, 7) is 4.73. The van der Waals surface area contributed by atoms with E-state index in [9.17, 15) is 4.79 Å². The zero-order valence-electron chi connectivity index (χ0n) is 9.08. The molecule has 0 saturated carbocycles. The summed E-state index contributed by atoms with van der Waals surface area (Å²) in [4.78, 5) is 11.1. The Morgan fingerprint density at radius 3 is 2.64 bits per heavy atom. The highest BCUT2D eigenvalue weighted by atomic mass is 16.5. The van der Waals surface area contributed by atoms with E-state index in [1.165, 1.54) is 26.4 Å². The van der Waals surface area contributed by atoms with Crippen LogP contribution in [0.15, 0.2) is 0 Å². The molecule has 1 aliphatic heterocycles. The molecule has 1 heterocycles. The number of hydrogen-bond acceptors (Lipinski definition) is 4. The molecule has 1 aliphatic rings. The van der Waals surface area contributed by atoms with Crippen LogP contribution in [0.1, 0.15) is 26.2 Å². The van der Waals surface area contributed by atoms with E-state index in [0.717, 1.165) is 13.1 Å². The lowest BCUT2D eigenvalue weighted by atomic mass is 10.1. The van der Waals surface area contributed by atoms with E-state index in [0.29, 0.717) is 6.54 Å². The largest absolute Gasteiger partial charge is 0.469 e. The van der Waals surface area contributed by atoms with E-state index < -0.39 is 0 Å². The maximum Gasteiger partial charge on any atom is 0.309 e. The van der Waals surface area contributed by atoms with Crippen molar-refractivity contribution in [2.75, 3.05) is 26.7 Å². The highest BCUT2D eigenvalue weighted by Gasteiger charge is 2.15. The molecular weight excluding hydrogens is 180 g/mol.